The van der Waals surface area contributed by atoms with Crippen LogP contribution < -0.4 is 10.9 Å². The minimum Gasteiger partial charge on any atom is -0.288 e. The average molecular weight is 305 g/mol. The molecular weight excluding hydrogens is 292 g/mol. The van der Waals surface area contributed by atoms with E-state index in [1.165, 1.54) is 0 Å². The van der Waals surface area contributed by atoms with Crippen LogP contribution in [0.15, 0.2) is 54.6 Å². The molecule has 3 nitrogen and oxygen atoms in total. The molecule has 2 N–H and O–H groups in total. The second-order valence-corrected chi connectivity index (χ2v) is 5.02. The number of rotatable bonds is 3. The van der Waals surface area contributed by atoms with E-state index < -0.39 is 0 Å². The number of hydrazine groups is 1. The van der Waals surface area contributed by atoms with Crippen molar-refractivity contribution in [3.8, 4) is 0 Å². The molecule has 0 atom stereocenters. The fourth-order valence-corrected chi connectivity index (χ4v) is 1.93. The second-order valence-electron chi connectivity index (χ2n) is 4.17. The molecule has 0 heterocycles. The predicted octanol–water partition coefficient (Wildman–Crippen LogP) is 2.88. The van der Waals surface area contributed by atoms with Crippen molar-refractivity contribution in [2.24, 2.45) is 0 Å². The van der Waals surface area contributed by atoms with Crippen molar-refractivity contribution in [3.05, 3.63) is 70.7 Å². The normalized spacial score (nSPS) is 9.85. The third-order valence-electron chi connectivity index (χ3n) is 2.63. The lowest BCUT2D eigenvalue weighted by atomic mass is 10.1. The molecule has 0 unspecified atom stereocenters. The predicted molar refractivity (Wildman–Crippen MR) is 84.6 cm³/mol. The van der Waals surface area contributed by atoms with Crippen LogP contribution in [0.3, 0.4) is 0 Å². The van der Waals surface area contributed by atoms with Crippen molar-refractivity contribution in [3.63, 3.8) is 0 Å². The Morgan fingerprint density at radius 1 is 1.00 bits per heavy atom. The van der Waals surface area contributed by atoms with Crippen LogP contribution in [0.1, 0.15) is 11.1 Å². The number of halogens is 1. The van der Waals surface area contributed by atoms with Crippen LogP contribution in [0, 0.1) is 0 Å². The van der Waals surface area contributed by atoms with E-state index in [0.717, 1.165) is 11.1 Å². The summed E-state index contributed by atoms with van der Waals surface area (Å²) in [4.78, 5) is 12.2. The largest absolute Gasteiger partial charge is 0.288 e. The molecule has 0 aliphatic heterocycles. The van der Waals surface area contributed by atoms with E-state index in [2.05, 4.69) is 10.9 Å². The maximum atomic E-state index is 11.8. The summed E-state index contributed by atoms with van der Waals surface area (Å²) in [5.41, 5.74) is 7.06. The highest BCUT2D eigenvalue weighted by atomic mass is 35.5. The van der Waals surface area contributed by atoms with Gasteiger partial charge in [0.05, 0.1) is 6.42 Å². The average Bonchev–Trinajstić information content (AvgIpc) is 2.48. The van der Waals surface area contributed by atoms with E-state index in [9.17, 15) is 4.79 Å². The molecule has 0 aliphatic carbocycles. The Bertz CT molecular complexity index is 599. The van der Waals surface area contributed by atoms with E-state index in [1.807, 2.05) is 42.5 Å². The van der Waals surface area contributed by atoms with Crippen molar-refractivity contribution in [2.75, 3.05) is 0 Å². The highest BCUT2D eigenvalue weighted by Gasteiger charge is 2.05. The Kier molecular flexibility index (Phi) is 5.09. The van der Waals surface area contributed by atoms with Gasteiger partial charge in [0, 0.05) is 10.6 Å². The minimum atomic E-state index is -0.161. The molecular formula is C15H13ClN2OS. The standard InChI is InChI=1S/C15H13ClN2OS/c16-13-8-6-11(7-9-13)10-14(19)17-18-15(20)12-4-2-1-3-5-12/h1-9H,10H2,(H,17,19)(H,18,20). The molecule has 0 aliphatic rings. The first kappa shape index (κ1) is 14.5. The molecule has 2 rings (SSSR count). The summed E-state index contributed by atoms with van der Waals surface area (Å²) in [6, 6.07) is 16.6. The molecule has 0 radical (unpaired) electrons. The van der Waals surface area contributed by atoms with Gasteiger partial charge in [-0.2, -0.15) is 0 Å². The molecule has 20 heavy (non-hydrogen) atoms. The van der Waals surface area contributed by atoms with Crippen molar-refractivity contribution in [1.29, 1.82) is 0 Å². The third kappa shape index (κ3) is 4.33. The Morgan fingerprint density at radius 3 is 2.30 bits per heavy atom. The summed E-state index contributed by atoms with van der Waals surface area (Å²) in [5, 5.41) is 0.650. The first-order chi connectivity index (χ1) is 9.65. The van der Waals surface area contributed by atoms with E-state index in [1.54, 1.807) is 12.1 Å². The Morgan fingerprint density at radius 2 is 1.65 bits per heavy atom. The summed E-state index contributed by atoms with van der Waals surface area (Å²) in [6.45, 7) is 0. The van der Waals surface area contributed by atoms with Crippen LogP contribution in [0.5, 0.6) is 0 Å². The molecule has 0 saturated heterocycles. The van der Waals surface area contributed by atoms with Gasteiger partial charge >= 0.3 is 0 Å². The summed E-state index contributed by atoms with van der Waals surface area (Å²) < 4.78 is 0. The minimum absolute atomic E-state index is 0.161. The number of benzene rings is 2. The monoisotopic (exact) mass is 304 g/mol. The van der Waals surface area contributed by atoms with Crippen LogP contribution in [-0.2, 0) is 11.2 Å². The lowest BCUT2D eigenvalue weighted by molar-refractivity contribution is -0.120. The second kappa shape index (κ2) is 7.03. The molecule has 1 amide bonds. The Balaban J connectivity index is 1.83. The lowest BCUT2D eigenvalue weighted by Crippen LogP contribution is -2.41. The molecule has 0 spiro atoms. The molecule has 0 aromatic heterocycles. The fraction of sp³-hybridized carbons (Fsp3) is 0.0667. The highest BCUT2D eigenvalue weighted by molar-refractivity contribution is 7.80. The van der Waals surface area contributed by atoms with Crippen LogP contribution in [0.2, 0.25) is 5.02 Å². The third-order valence-corrected chi connectivity index (χ3v) is 3.22. The molecule has 2 aromatic carbocycles. The van der Waals surface area contributed by atoms with Crippen molar-refractivity contribution < 1.29 is 4.79 Å². The first-order valence-corrected chi connectivity index (χ1v) is 6.82. The number of thiocarbonyl (C=S) groups is 1. The van der Waals surface area contributed by atoms with Gasteiger partial charge in [0.2, 0.25) is 5.91 Å². The summed E-state index contributed by atoms with van der Waals surface area (Å²) in [6.07, 6.45) is 0.265. The van der Waals surface area contributed by atoms with Gasteiger partial charge in [-0.15, -0.1) is 0 Å². The van der Waals surface area contributed by atoms with Crippen molar-refractivity contribution in [2.45, 2.75) is 6.42 Å². The molecule has 0 fully saturated rings. The van der Waals surface area contributed by atoms with Gasteiger partial charge < -0.3 is 0 Å². The van der Waals surface area contributed by atoms with Gasteiger partial charge in [-0.1, -0.05) is 66.3 Å². The molecule has 5 heteroatoms. The smallest absolute Gasteiger partial charge is 0.242 e. The maximum absolute atomic E-state index is 11.8. The first-order valence-electron chi connectivity index (χ1n) is 6.04. The zero-order chi connectivity index (χ0) is 14.4. The van der Waals surface area contributed by atoms with Gasteiger partial charge in [0.25, 0.3) is 0 Å². The van der Waals surface area contributed by atoms with Gasteiger partial charge in [-0.25, -0.2) is 0 Å². The van der Waals surface area contributed by atoms with E-state index in [-0.39, 0.29) is 12.3 Å². The highest BCUT2D eigenvalue weighted by Crippen LogP contribution is 2.09. The summed E-state index contributed by atoms with van der Waals surface area (Å²) in [7, 11) is 0. The van der Waals surface area contributed by atoms with E-state index in [4.69, 9.17) is 23.8 Å². The van der Waals surface area contributed by atoms with Crippen LogP contribution >= 0.6 is 23.8 Å². The summed E-state index contributed by atoms with van der Waals surface area (Å²) in [5.74, 6) is -0.161. The molecule has 2 aromatic rings. The van der Waals surface area contributed by atoms with Gasteiger partial charge in [0.15, 0.2) is 0 Å². The van der Waals surface area contributed by atoms with Gasteiger partial charge in [-0.05, 0) is 17.7 Å². The number of nitrogens with one attached hydrogen (secondary N) is 2. The Hall–Kier alpha value is -1.91. The molecule has 0 bridgehead atoms. The fourth-order valence-electron chi connectivity index (χ4n) is 1.62. The topological polar surface area (TPSA) is 41.1 Å². The number of hydrogen-bond acceptors (Lipinski definition) is 2. The lowest BCUT2D eigenvalue weighted by Gasteiger charge is -2.09. The maximum Gasteiger partial charge on any atom is 0.242 e. The number of carbonyl (C=O) groups excluding carboxylic acids is 1. The SMILES string of the molecule is O=C(Cc1ccc(Cl)cc1)NNC(=S)c1ccccc1. The zero-order valence-corrected chi connectivity index (χ0v) is 12.2. The molecule has 0 saturated carbocycles. The quantitative estimate of drug-likeness (QED) is 0.677. The van der Waals surface area contributed by atoms with Crippen LogP contribution in [0.25, 0.3) is 0 Å². The van der Waals surface area contributed by atoms with Crippen molar-refractivity contribution in [1.82, 2.24) is 10.9 Å². The molecule has 102 valence electrons. The number of carbonyl (C=O) groups is 1. The number of amides is 1. The van der Waals surface area contributed by atoms with Crippen molar-refractivity contribution >= 4 is 34.7 Å². The van der Waals surface area contributed by atoms with Crippen LogP contribution in [-0.4, -0.2) is 10.9 Å². The van der Waals surface area contributed by atoms with Gasteiger partial charge in [0.1, 0.15) is 4.99 Å². The van der Waals surface area contributed by atoms with E-state index in [0.29, 0.717) is 10.0 Å². The zero-order valence-electron chi connectivity index (χ0n) is 10.6. The van der Waals surface area contributed by atoms with Gasteiger partial charge in [-0.3, -0.25) is 15.6 Å². The number of hydrogen-bond donors (Lipinski definition) is 2. The Labute approximate surface area is 127 Å². The van der Waals surface area contributed by atoms with Crippen LogP contribution in [0.4, 0.5) is 0 Å². The summed E-state index contributed by atoms with van der Waals surface area (Å²) >= 11 is 11.0. The van der Waals surface area contributed by atoms with E-state index >= 15 is 0 Å².